The molecule has 5 heteroatoms. The van der Waals surface area contributed by atoms with Crippen LogP contribution in [0, 0.1) is 0 Å². The molecular formula is C12H16N4O. The van der Waals surface area contributed by atoms with E-state index in [-0.39, 0.29) is 6.04 Å². The number of pyridine rings is 1. The average molecular weight is 232 g/mol. The normalized spacial score (nSPS) is 23.8. The molecular weight excluding hydrogens is 216 g/mol. The molecule has 0 bridgehead atoms. The Bertz CT molecular complexity index is 548. The Labute approximate surface area is 99.7 Å². The van der Waals surface area contributed by atoms with Gasteiger partial charge in [-0.25, -0.2) is 4.98 Å². The first kappa shape index (κ1) is 10.6. The number of aliphatic hydroxyl groups is 1. The highest BCUT2D eigenvalue weighted by molar-refractivity contribution is 5.73. The van der Waals surface area contributed by atoms with E-state index in [1.54, 1.807) is 6.20 Å². The molecule has 0 amide bonds. The number of aliphatic hydroxyl groups excluding tert-OH is 1. The second kappa shape index (κ2) is 3.72. The van der Waals surface area contributed by atoms with Crippen LogP contribution >= 0.6 is 0 Å². The molecule has 0 unspecified atom stereocenters. The molecule has 2 atom stereocenters. The minimum atomic E-state index is -0.394. The second-order valence-corrected chi connectivity index (χ2v) is 4.66. The van der Waals surface area contributed by atoms with E-state index < -0.39 is 6.10 Å². The standard InChI is InChI=1S/C12H16N4O/c1-15(2)11-8-3-5-16-6-4-13-12(16)10(8)14-7-9(11)17/h3-6,9,11,14,17H,7H2,1-2H3/t9-,11+/m0/s1. The van der Waals surface area contributed by atoms with Gasteiger partial charge in [-0.05, 0) is 20.2 Å². The van der Waals surface area contributed by atoms with Crippen LogP contribution in [0.1, 0.15) is 11.6 Å². The Balaban J connectivity index is 2.21. The van der Waals surface area contributed by atoms with Gasteiger partial charge < -0.3 is 14.8 Å². The Morgan fingerprint density at radius 1 is 1.47 bits per heavy atom. The predicted octanol–water partition coefficient (Wildman–Crippen LogP) is 0.723. The van der Waals surface area contributed by atoms with Crippen molar-refractivity contribution in [1.29, 1.82) is 0 Å². The molecule has 90 valence electrons. The van der Waals surface area contributed by atoms with Crippen LogP contribution in [0.2, 0.25) is 0 Å². The molecule has 0 spiro atoms. The maximum Gasteiger partial charge on any atom is 0.160 e. The predicted molar refractivity (Wildman–Crippen MR) is 66.1 cm³/mol. The summed E-state index contributed by atoms with van der Waals surface area (Å²) in [4.78, 5) is 6.40. The van der Waals surface area contributed by atoms with E-state index in [0.717, 1.165) is 16.9 Å². The van der Waals surface area contributed by atoms with Crippen molar-refractivity contribution in [2.75, 3.05) is 26.0 Å². The van der Waals surface area contributed by atoms with Crippen LogP contribution < -0.4 is 5.32 Å². The van der Waals surface area contributed by atoms with Crippen LogP contribution in [-0.2, 0) is 0 Å². The van der Waals surface area contributed by atoms with Crippen molar-refractivity contribution in [2.24, 2.45) is 0 Å². The summed E-state index contributed by atoms with van der Waals surface area (Å²) in [6, 6.07) is 2.07. The molecule has 0 saturated heterocycles. The van der Waals surface area contributed by atoms with Crippen molar-refractivity contribution in [2.45, 2.75) is 12.1 Å². The molecule has 17 heavy (non-hydrogen) atoms. The fourth-order valence-corrected chi connectivity index (χ4v) is 2.58. The van der Waals surface area contributed by atoms with Gasteiger partial charge in [0.2, 0.25) is 0 Å². The number of aromatic nitrogens is 2. The van der Waals surface area contributed by atoms with Gasteiger partial charge in [0, 0.05) is 30.7 Å². The zero-order chi connectivity index (χ0) is 12.0. The number of imidazole rings is 1. The van der Waals surface area contributed by atoms with Gasteiger partial charge in [-0.2, -0.15) is 0 Å². The van der Waals surface area contributed by atoms with E-state index in [9.17, 15) is 5.11 Å². The summed E-state index contributed by atoms with van der Waals surface area (Å²) in [5, 5.41) is 13.3. The van der Waals surface area contributed by atoms with E-state index in [1.165, 1.54) is 0 Å². The van der Waals surface area contributed by atoms with Crippen LogP contribution in [0.15, 0.2) is 24.7 Å². The molecule has 1 aliphatic rings. The number of nitrogens with one attached hydrogen (secondary N) is 1. The zero-order valence-electron chi connectivity index (χ0n) is 9.96. The molecule has 3 heterocycles. The number of hydrogen-bond acceptors (Lipinski definition) is 4. The lowest BCUT2D eigenvalue weighted by Crippen LogP contribution is -2.40. The highest BCUT2D eigenvalue weighted by Crippen LogP contribution is 2.35. The van der Waals surface area contributed by atoms with Gasteiger partial charge in [-0.15, -0.1) is 0 Å². The van der Waals surface area contributed by atoms with Crippen molar-refractivity contribution in [3.05, 3.63) is 30.2 Å². The number of fused-ring (bicyclic) bond motifs is 3. The Morgan fingerprint density at radius 3 is 3.06 bits per heavy atom. The number of nitrogens with zero attached hydrogens (tertiary/aromatic N) is 3. The van der Waals surface area contributed by atoms with Crippen molar-refractivity contribution in [3.8, 4) is 0 Å². The monoisotopic (exact) mass is 232 g/mol. The lowest BCUT2D eigenvalue weighted by atomic mass is 9.96. The largest absolute Gasteiger partial charge is 0.389 e. The van der Waals surface area contributed by atoms with Crippen LogP contribution in [-0.4, -0.2) is 46.1 Å². The van der Waals surface area contributed by atoms with Gasteiger partial charge in [0.05, 0.1) is 17.8 Å². The number of likely N-dealkylation sites (N-methyl/N-ethyl adjacent to an activating group) is 1. The van der Waals surface area contributed by atoms with Crippen molar-refractivity contribution in [1.82, 2.24) is 14.3 Å². The molecule has 0 fully saturated rings. The van der Waals surface area contributed by atoms with Gasteiger partial charge in [0.25, 0.3) is 0 Å². The highest BCUT2D eigenvalue weighted by atomic mass is 16.3. The van der Waals surface area contributed by atoms with Gasteiger partial charge in [-0.1, -0.05) is 0 Å². The van der Waals surface area contributed by atoms with Crippen LogP contribution in [0.3, 0.4) is 0 Å². The molecule has 0 aliphatic carbocycles. The third-order valence-corrected chi connectivity index (χ3v) is 3.32. The summed E-state index contributed by atoms with van der Waals surface area (Å²) in [5.74, 6) is 0. The molecule has 2 aromatic heterocycles. The summed E-state index contributed by atoms with van der Waals surface area (Å²) in [5.41, 5.74) is 3.05. The van der Waals surface area contributed by atoms with E-state index in [0.29, 0.717) is 6.54 Å². The summed E-state index contributed by atoms with van der Waals surface area (Å²) < 4.78 is 1.98. The van der Waals surface area contributed by atoms with E-state index >= 15 is 0 Å². The topological polar surface area (TPSA) is 52.8 Å². The summed E-state index contributed by atoms with van der Waals surface area (Å²) in [6.07, 6.45) is 5.30. The molecule has 5 nitrogen and oxygen atoms in total. The summed E-state index contributed by atoms with van der Waals surface area (Å²) >= 11 is 0. The lowest BCUT2D eigenvalue weighted by Gasteiger charge is -2.35. The quantitative estimate of drug-likeness (QED) is 0.761. The molecule has 0 saturated carbocycles. The number of hydrogen-bond donors (Lipinski definition) is 2. The van der Waals surface area contributed by atoms with Gasteiger partial charge in [-0.3, -0.25) is 4.90 Å². The first-order valence-electron chi connectivity index (χ1n) is 5.72. The van der Waals surface area contributed by atoms with Crippen molar-refractivity contribution >= 4 is 11.3 Å². The molecule has 2 N–H and O–H groups in total. The van der Waals surface area contributed by atoms with Crippen molar-refractivity contribution < 1.29 is 5.11 Å². The number of β-amino-alcohol motifs (C(OH)–C–C–N with tert-alkyl or cyclic N) is 1. The first-order chi connectivity index (χ1) is 8.18. The third-order valence-electron chi connectivity index (χ3n) is 3.32. The van der Waals surface area contributed by atoms with E-state index in [4.69, 9.17) is 0 Å². The second-order valence-electron chi connectivity index (χ2n) is 4.66. The van der Waals surface area contributed by atoms with Gasteiger partial charge >= 0.3 is 0 Å². The lowest BCUT2D eigenvalue weighted by molar-refractivity contribution is 0.0818. The molecule has 0 aromatic carbocycles. The minimum Gasteiger partial charge on any atom is -0.389 e. The molecule has 3 rings (SSSR count). The van der Waals surface area contributed by atoms with Crippen LogP contribution in [0.25, 0.3) is 5.65 Å². The minimum absolute atomic E-state index is 0.0212. The first-order valence-corrected chi connectivity index (χ1v) is 5.72. The Kier molecular flexibility index (Phi) is 2.31. The van der Waals surface area contributed by atoms with E-state index in [1.807, 2.05) is 41.9 Å². The summed E-state index contributed by atoms with van der Waals surface area (Å²) in [7, 11) is 3.97. The molecule has 0 radical (unpaired) electrons. The fourth-order valence-electron chi connectivity index (χ4n) is 2.58. The molecule has 2 aromatic rings. The zero-order valence-corrected chi connectivity index (χ0v) is 9.96. The SMILES string of the molecule is CN(C)[C@@H]1c2ccn3ccnc3c2NC[C@@H]1O. The highest BCUT2D eigenvalue weighted by Gasteiger charge is 2.31. The Morgan fingerprint density at radius 2 is 2.29 bits per heavy atom. The van der Waals surface area contributed by atoms with Crippen LogP contribution in [0.4, 0.5) is 5.69 Å². The summed E-state index contributed by atoms with van der Waals surface area (Å²) in [6.45, 7) is 0.558. The number of rotatable bonds is 1. The van der Waals surface area contributed by atoms with Gasteiger partial charge in [0.1, 0.15) is 0 Å². The Hall–Kier alpha value is -1.59. The maximum atomic E-state index is 10.1. The smallest absolute Gasteiger partial charge is 0.160 e. The van der Waals surface area contributed by atoms with Crippen molar-refractivity contribution in [3.63, 3.8) is 0 Å². The molecule has 1 aliphatic heterocycles. The van der Waals surface area contributed by atoms with Crippen LogP contribution in [0.5, 0.6) is 0 Å². The van der Waals surface area contributed by atoms with Gasteiger partial charge in [0.15, 0.2) is 5.65 Å². The van der Waals surface area contributed by atoms with E-state index in [2.05, 4.69) is 10.3 Å². The average Bonchev–Trinajstić information content (AvgIpc) is 2.75. The maximum absolute atomic E-state index is 10.1. The fraction of sp³-hybridized carbons (Fsp3) is 0.417. The number of anilines is 1. The third kappa shape index (κ3) is 1.50.